The third-order valence-corrected chi connectivity index (χ3v) is 6.95. The van der Waals surface area contributed by atoms with Gasteiger partial charge in [0.15, 0.2) is 22.7 Å². The van der Waals surface area contributed by atoms with Crippen molar-refractivity contribution in [2.24, 2.45) is 12.8 Å². The van der Waals surface area contributed by atoms with E-state index < -0.39 is 23.7 Å². The van der Waals surface area contributed by atoms with E-state index in [9.17, 15) is 19.5 Å². The number of aryl methyl sites for hydroxylation is 1. The van der Waals surface area contributed by atoms with Gasteiger partial charge in [0.1, 0.15) is 6.54 Å². The zero-order valence-corrected chi connectivity index (χ0v) is 21.4. The second kappa shape index (κ2) is 10.3. The Hall–Kier alpha value is -4.16. The predicted molar refractivity (Wildman–Crippen MR) is 144 cm³/mol. The van der Waals surface area contributed by atoms with Crippen LogP contribution in [0.5, 0.6) is 5.75 Å². The number of aromatic hydroxyl groups is 1. The van der Waals surface area contributed by atoms with E-state index in [1.165, 1.54) is 29.9 Å². The lowest BCUT2D eigenvalue weighted by Crippen LogP contribution is -2.44. The molecule has 0 bridgehead atoms. The molecule has 4 aromatic rings. The van der Waals surface area contributed by atoms with E-state index in [1.807, 2.05) is 23.1 Å². The molecule has 1 atom stereocenters. The Morgan fingerprint density at radius 1 is 1.21 bits per heavy atom. The summed E-state index contributed by atoms with van der Waals surface area (Å²) in [7, 11) is 1.50. The van der Waals surface area contributed by atoms with Gasteiger partial charge >= 0.3 is 5.69 Å². The Kier molecular flexibility index (Phi) is 6.91. The number of halogens is 1. The third-order valence-electron chi connectivity index (χ3n) is 6.59. The first-order valence-electron chi connectivity index (χ1n) is 12.1. The Morgan fingerprint density at radius 2 is 2.00 bits per heavy atom. The van der Waals surface area contributed by atoms with Crippen LogP contribution in [0, 0.1) is 0 Å². The number of hydrogen-bond acceptors (Lipinski definition) is 8. The molecular weight excluding hydrogens is 512 g/mol. The summed E-state index contributed by atoms with van der Waals surface area (Å²) in [6.45, 7) is 0.874. The highest BCUT2D eigenvalue weighted by molar-refractivity contribution is 6.31. The van der Waals surface area contributed by atoms with E-state index in [2.05, 4.69) is 10.3 Å². The summed E-state index contributed by atoms with van der Waals surface area (Å²) < 4.78 is 3.82. The Morgan fingerprint density at radius 3 is 2.74 bits per heavy atom. The Balaban J connectivity index is 1.63. The SMILES string of the molecule is Cn1c(=O)n(CC(=O)Nc2ncccc2O)c(=O)c2c1nc(N1CCCC(N)C1)n2Cc1ccccc1Cl. The first-order chi connectivity index (χ1) is 18.2. The summed E-state index contributed by atoms with van der Waals surface area (Å²) in [6, 6.07) is 10.1. The van der Waals surface area contributed by atoms with E-state index in [-0.39, 0.29) is 35.3 Å². The molecule has 1 unspecified atom stereocenters. The Labute approximate surface area is 221 Å². The van der Waals surface area contributed by atoms with Crippen molar-refractivity contribution in [3.8, 4) is 5.75 Å². The van der Waals surface area contributed by atoms with Gasteiger partial charge in [0.05, 0.1) is 6.54 Å². The summed E-state index contributed by atoms with van der Waals surface area (Å²) in [5.41, 5.74) is 5.98. The predicted octanol–water partition coefficient (Wildman–Crippen LogP) is 1.27. The quantitative estimate of drug-likeness (QED) is 0.331. The van der Waals surface area contributed by atoms with Crippen molar-refractivity contribution in [2.75, 3.05) is 23.3 Å². The minimum absolute atomic E-state index is 0.0514. The number of carbonyl (C=O) groups is 1. The number of benzene rings is 1. The molecule has 4 heterocycles. The fraction of sp³-hybridized carbons (Fsp3) is 0.320. The smallest absolute Gasteiger partial charge is 0.332 e. The summed E-state index contributed by atoms with van der Waals surface area (Å²) in [5.74, 6) is -0.505. The minimum atomic E-state index is -0.702. The molecule has 1 aliphatic rings. The van der Waals surface area contributed by atoms with Crippen LogP contribution in [0.15, 0.2) is 52.2 Å². The highest BCUT2D eigenvalue weighted by Gasteiger charge is 2.27. The lowest BCUT2D eigenvalue weighted by atomic mass is 10.1. The van der Waals surface area contributed by atoms with Crippen LogP contribution < -0.4 is 27.2 Å². The number of carbonyl (C=O) groups excluding carboxylic acids is 1. The van der Waals surface area contributed by atoms with Crippen LogP contribution in [-0.2, 0) is 24.9 Å². The second-order valence-corrected chi connectivity index (χ2v) is 9.67. The van der Waals surface area contributed by atoms with Gasteiger partial charge in [-0.3, -0.25) is 18.7 Å². The van der Waals surface area contributed by atoms with Crippen molar-refractivity contribution in [1.29, 1.82) is 0 Å². The summed E-state index contributed by atoms with van der Waals surface area (Å²) in [4.78, 5) is 50.4. The third kappa shape index (κ3) is 4.75. The van der Waals surface area contributed by atoms with Crippen molar-refractivity contribution < 1.29 is 9.90 Å². The molecule has 0 radical (unpaired) electrons. The standard InChI is InChI=1S/C25H27ClN8O4/c1-31-22-20(23(37)34(25(31)38)14-19(36)29-21-18(35)9-4-10-28-21)33(12-15-6-2-3-8-17(15)26)24(30-22)32-11-5-7-16(27)13-32/h2-4,6,8-10,16,35H,5,7,11-14,27H2,1H3,(H,28,29,36). The molecule has 13 heteroatoms. The first kappa shape index (κ1) is 25.5. The van der Waals surface area contributed by atoms with Crippen molar-refractivity contribution in [3.63, 3.8) is 0 Å². The van der Waals surface area contributed by atoms with E-state index in [0.29, 0.717) is 24.1 Å². The number of nitrogens with zero attached hydrogens (tertiary/aromatic N) is 6. The van der Waals surface area contributed by atoms with Crippen LogP contribution in [-0.4, -0.2) is 53.8 Å². The van der Waals surface area contributed by atoms with Crippen LogP contribution in [0.3, 0.4) is 0 Å². The average Bonchev–Trinajstić information content (AvgIpc) is 3.27. The van der Waals surface area contributed by atoms with Crippen molar-refractivity contribution in [3.05, 3.63) is 74.0 Å². The highest BCUT2D eigenvalue weighted by atomic mass is 35.5. The minimum Gasteiger partial charge on any atom is -0.504 e. The van der Waals surface area contributed by atoms with E-state index in [1.54, 1.807) is 10.6 Å². The lowest BCUT2D eigenvalue weighted by Gasteiger charge is -2.32. The van der Waals surface area contributed by atoms with E-state index >= 15 is 0 Å². The number of anilines is 2. The van der Waals surface area contributed by atoms with Gasteiger partial charge in [-0.1, -0.05) is 29.8 Å². The number of rotatable bonds is 6. The van der Waals surface area contributed by atoms with Gasteiger partial charge in [-0.25, -0.2) is 14.3 Å². The number of amides is 1. The maximum Gasteiger partial charge on any atom is 0.332 e. The molecule has 0 aliphatic carbocycles. The van der Waals surface area contributed by atoms with Crippen LogP contribution >= 0.6 is 11.6 Å². The molecule has 0 spiro atoms. The van der Waals surface area contributed by atoms with Gasteiger partial charge in [-0.15, -0.1) is 0 Å². The molecule has 1 aliphatic heterocycles. The highest BCUT2D eigenvalue weighted by Crippen LogP contribution is 2.26. The van der Waals surface area contributed by atoms with Gasteiger partial charge in [-0.05, 0) is 36.6 Å². The second-order valence-electron chi connectivity index (χ2n) is 9.26. The molecule has 198 valence electrons. The molecule has 5 rings (SSSR count). The molecule has 1 saturated heterocycles. The number of imidazole rings is 1. The fourth-order valence-electron chi connectivity index (χ4n) is 4.69. The molecule has 3 aromatic heterocycles. The van der Waals surface area contributed by atoms with Crippen LogP contribution in [0.4, 0.5) is 11.8 Å². The number of pyridine rings is 1. The number of fused-ring (bicyclic) bond motifs is 1. The molecule has 1 fully saturated rings. The van der Waals surface area contributed by atoms with E-state index in [0.717, 1.165) is 23.0 Å². The molecule has 12 nitrogen and oxygen atoms in total. The number of nitrogens with two attached hydrogens (primary N) is 1. The normalized spacial score (nSPS) is 15.7. The van der Waals surface area contributed by atoms with Crippen LogP contribution in [0.1, 0.15) is 18.4 Å². The molecule has 1 aromatic carbocycles. The van der Waals surface area contributed by atoms with Crippen LogP contribution in [0.25, 0.3) is 11.2 Å². The monoisotopic (exact) mass is 538 g/mol. The first-order valence-corrected chi connectivity index (χ1v) is 12.5. The topological polar surface area (TPSA) is 153 Å². The molecule has 4 N–H and O–H groups in total. The van der Waals surface area contributed by atoms with Gasteiger partial charge in [0, 0.05) is 37.4 Å². The number of hydrogen-bond donors (Lipinski definition) is 3. The van der Waals surface area contributed by atoms with Crippen molar-refractivity contribution in [1.82, 2.24) is 23.7 Å². The largest absolute Gasteiger partial charge is 0.504 e. The van der Waals surface area contributed by atoms with Gasteiger partial charge in [0.25, 0.3) is 5.56 Å². The maximum absolute atomic E-state index is 13.8. The molecule has 38 heavy (non-hydrogen) atoms. The number of aromatic nitrogens is 5. The summed E-state index contributed by atoms with van der Waals surface area (Å²) >= 11 is 6.45. The number of nitrogens with one attached hydrogen (secondary N) is 1. The summed E-state index contributed by atoms with van der Waals surface area (Å²) in [6.07, 6.45) is 3.14. The molecule has 0 saturated carbocycles. The fourth-order valence-corrected chi connectivity index (χ4v) is 4.88. The maximum atomic E-state index is 13.8. The van der Waals surface area contributed by atoms with Crippen molar-refractivity contribution >= 4 is 40.4 Å². The van der Waals surface area contributed by atoms with Crippen LogP contribution in [0.2, 0.25) is 5.02 Å². The van der Waals surface area contributed by atoms with Gasteiger partial charge in [-0.2, -0.15) is 4.98 Å². The average molecular weight is 539 g/mol. The van der Waals surface area contributed by atoms with Gasteiger partial charge in [0.2, 0.25) is 11.9 Å². The zero-order valence-electron chi connectivity index (χ0n) is 20.7. The summed E-state index contributed by atoms with van der Waals surface area (Å²) in [5, 5.41) is 12.9. The van der Waals surface area contributed by atoms with Gasteiger partial charge < -0.3 is 21.1 Å². The van der Waals surface area contributed by atoms with E-state index in [4.69, 9.17) is 22.3 Å². The van der Waals surface area contributed by atoms with Crippen molar-refractivity contribution in [2.45, 2.75) is 32.0 Å². The Bertz CT molecular complexity index is 1640. The number of piperidine rings is 1. The lowest BCUT2D eigenvalue weighted by molar-refractivity contribution is -0.116. The molecule has 1 amide bonds. The zero-order chi connectivity index (χ0) is 27.0. The molecular formula is C25H27ClN8O4.